The van der Waals surface area contributed by atoms with Crippen LogP contribution in [0.3, 0.4) is 0 Å². The van der Waals surface area contributed by atoms with Gasteiger partial charge in [0.15, 0.2) is 0 Å². The number of nitrogens with zero attached hydrogens (tertiary/aromatic N) is 1. The van der Waals surface area contributed by atoms with Crippen LogP contribution in [0.5, 0.6) is 5.75 Å². The van der Waals surface area contributed by atoms with Crippen molar-refractivity contribution in [2.45, 2.75) is 13.3 Å². The van der Waals surface area contributed by atoms with Crippen molar-refractivity contribution in [1.29, 1.82) is 0 Å². The van der Waals surface area contributed by atoms with E-state index >= 15 is 0 Å². The highest BCUT2D eigenvalue weighted by atomic mass is 16.5. The van der Waals surface area contributed by atoms with Crippen LogP contribution in [0.4, 0.5) is 0 Å². The molecule has 0 amide bonds. The van der Waals surface area contributed by atoms with Crippen LogP contribution in [0.1, 0.15) is 12.5 Å². The number of rotatable bonds is 5. The van der Waals surface area contributed by atoms with Gasteiger partial charge in [0.2, 0.25) is 0 Å². The van der Waals surface area contributed by atoms with Crippen LogP contribution < -0.4 is 4.74 Å². The molecule has 0 bridgehead atoms. The van der Waals surface area contributed by atoms with Gasteiger partial charge in [-0.3, -0.25) is 0 Å². The van der Waals surface area contributed by atoms with E-state index in [-0.39, 0.29) is 0 Å². The van der Waals surface area contributed by atoms with Gasteiger partial charge >= 0.3 is 0 Å². The number of hydrogen-bond donors (Lipinski definition) is 0. The minimum absolute atomic E-state index is 0.947. The number of methoxy groups -OCH3 is 1. The summed E-state index contributed by atoms with van der Waals surface area (Å²) in [6.07, 6.45) is 1.06. The highest BCUT2D eigenvalue weighted by Gasteiger charge is 2.05. The first-order valence-electron chi connectivity index (χ1n) is 6.48. The molecule has 2 heteroatoms. The topological polar surface area (TPSA) is 12.5 Å². The first-order valence-corrected chi connectivity index (χ1v) is 6.48. The minimum atomic E-state index is 0.947. The highest BCUT2D eigenvalue weighted by Crippen LogP contribution is 2.25. The van der Waals surface area contributed by atoms with Crippen LogP contribution in [-0.4, -0.2) is 32.1 Å². The van der Waals surface area contributed by atoms with Crippen molar-refractivity contribution in [2.24, 2.45) is 0 Å². The summed E-state index contributed by atoms with van der Waals surface area (Å²) in [5.41, 5.74) is 1.37. The average Bonchev–Trinajstić information content (AvgIpc) is 2.43. The maximum absolute atomic E-state index is 5.38. The molecule has 2 nitrogen and oxygen atoms in total. The Balaban J connectivity index is 2.34. The van der Waals surface area contributed by atoms with Crippen molar-refractivity contribution in [1.82, 2.24) is 4.90 Å². The van der Waals surface area contributed by atoms with E-state index in [0.29, 0.717) is 0 Å². The molecule has 0 aliphatic carbocycles. The van der Waals surface area contributed by atoms with Gasteiger partial charge in [0.25, 0.3) is 0 Å². The van der Waals surface area contributed by atoms with Crippen LogP contribution in [-0.2, 0) is 6.42 Å². The summed E-state index contributed by atoms with van der Waals surface area (Å²) in [7, 11) is 3.88. The Morgan fingerprint density at radius 1 is 1.17 bits per heavy atom. The van der Waals surface area contributed by atoms with Gasteiger partial charge < -0.3 is 9.64 Å². The Hall–Kier alpha value is -1.54. The smallest absolute Gasteiger partial charge is 0.119 e. The fraction of sp³-hybridized carbons (Fsp3) is 0.375. The molecular weight excluding hydrogens is 222 g/mol. The van der Waals surface area contributed by atoms with Gasteiger partial charge in [-0.1, -0.05) is 31.2 Å². The number of benzene rings is 2. The Bertz CT molecular complexity index is 521. The summed E-state index contributed by atoms with van der Waals surface area (Å²) in [5.74, 6) is 0.947. The molecule has 0 N–H and O–H groups in total. The maximum Gasteiger partial charge on any atom is 0.119 e. The Kier molecular flexibility index (Phi) is 4.21. The van der Waals surface area contributed by atoms with Gasteiger partial charge in [-0.05, 0) is 48.5 Å². The minimum Gasteiger partial charge on any atom is -0.497 e. The monoisotopic (exact) mass is 243 g/mol. The van der Waals surface area contributed by atoms with Gasteiger partial charge in [0.1, 0.15) is 5.75 Å². The molecule has 0 aromatic heterocycles. The Labute approximate surface area is 109 Å². The lowest BCUT2D eigenvalue weighted by atomic mass is 10.0. The molecule has 0 aliphatic heterocycles. The van der Waals surface area contributed by atoms with Gasteiger partial charge in [-0.15, -0.1) is 0 Å². The standard InChI is InChI=1S/C16H21NO/c1-4-17(2)10-9-14-12-15(18-3)11-13-7-5-6-8-16(13)14/h5-8,11-12H,4,9-10H2,1-3H3. The van der Waals surface area contributed by atoms with Crippen molar-refractivity contribution >= 4 is 10.8 Å². The summed E-state index contributed by atoms with van der Waals surface area (Å²) in [4.78, 5) is 2.33. The van der Waals surface area contributed by atoms with Gasteiger partial charge in [-0.2, -0.15) is 0 Å². The molecule has 18 heavy (non-hydrogen) atoms. The van der Waals surface area contributed by atoms with E-state index in [9.17, 15) is 0 Å². The van der Waals surface area contributed by atoms with E-state index in [1.54, 1.807) is 7.11 Å². The van der Waals surface area contributed by atoms with Crippen molar-refractivity contribution in [3.8, 4) is 5.75 Å². The van der Waals surface area contributed by atoms with Crippen molar-refractivity contribution < 1.29 is 4.74 Å². The van der Waals surface area contributed by atoms with E-state index < -0.39 is 0 Å². The fourth-order valence-electron chi connectivity index (χ4n) is 2.15. The van der Waals surface area contributed by atoms with E-state index in [2.05, 4.69) is 55.3 Å². The Morgan fingerprint density at radius 3 is 2.67 bits per heavy atom. The van der Waals surface area contributed by atoms with Gasteiger partial charge in [0, 0.05) is 6.54 Å². The third-order valence-electron chi connectivity index (χ3n) is 3.46. The zero-order valence-electron chi connectivity index (χ0n) is 11.4. The maximum atomic E-state index is 5.38. The fourth-order valence-corrected chi connectivity index (χ4v) is 2.15. The molecule has 0 saturated carbocycles. The molecule has 2 aromatic rings. The lowest BCUT2D eigenvalue weighted by Crippen LogP contribution is -2.20. The lowest BCUT2D eigenvalue weighted by Gasteiger charge is -2.15. The third kappa shape index (κ3) is 2.82. The molecule has 0 heterocycles. The first kappa shape index (κ1) is 12.9. The number of fused-ring (bicyclic) bond motifs is 1. The van der Waals surface area contributed by atoms with Crippen LogP contribution in [0, 0.1) is 0 Å². The first-order chi connectivity index (χ1) is 8.74. The lowest BCUT2D eigenvalue weighted by molar-refractivity contribution is 0.357. The number of ether oxygens (including phenoxy) is 1. The summed E-state index contributed by atoms with van der Waals surface area (Å²) >= 11 is 0. The number of likely N-dealkylation sites (N-methyl/N-ethyl adjacent to an activating group) is 1. The van der Waals surface area contributed by atoms with Crippen molar-refractivity contribution in [3.63, 3.8) is 0 Å². The van der Waals surface area contributed by atoms with Crippen molar-refractivity contribution in [2.75, 3.05) is 27.2 Å². The predicted octanol–water partition coefficient (Wildman–Crippen LogP) is 3.34. The molecule has 96 valence electrons. The molecule has 2 aromatic carbocycles. The summed E-state index contributed by atoms with van der Waals surface area (Å²) in [6, 6.07) is 12.8. The molecule has 0 unspecified atom stereocenters. The molecule has 0 aliphatic rings. The van der Waals surface area contributed by atoms with Crippen molar-refractivity contribution in [3.05, 3.63) is 42.0 Å². The van der Waals surface area contributed by atoms with Gasteiger partial charge in [-0.25, -0.2) is 0 Å². The molecule has 0 radical (unpaired) electrons. The second-order valence-electron chi connectivity index (χ2n) is 4.65. The zero-order valence-corrected chi connectivity index (χ0v) is 11.4. The van der Waals surface area contributed by atoms with E-state index in [0.717, 1.165) is 25.3 Å². The van der Waals surface area contributed by atoms with E-state index in [1.807, 2.05) is 0 Å². The second-order valence-corrected chi connectivity index (χ2v) is 4.65. The SMILES string of the molecule is CCN(C)CCc1cc(OC)cc2ccccc12. The predicted molar refractivity (Wildman–Crippen MR) is 77.4 cm³/mol. The normalized spacial score (nSPS) is 11.1. The van der Waals surface area contributed by atoms with E-state index in [4.69, 9.17) is 4.74 Å². The third-order valence-corrected chi connectivity index (χ3v) is 3.46. The molecule has 2 rings (SSSR count). The summed E-state index contributed by atoms with van der Waals surface area (Å²) < 4.78 is 5.38. The second kappa shape index (κ2) is 5.87. The van der Waals surface area contributed by atoms with Gasteiger partial charge in [0.05, 0.1) is 7.11 Å². The molecular formula is C16H21NO. The molecule has 0 saturated heterocycles. The zero-order chi connectivity index (χ0) is 13.0. The number of hydrogen-bond acceptors (Lipinski definition) is 2. The van der Waals surface area contributed by atoms with Crippen LogP contribution >= 0.6 is 0 Å². The van der Waals surface area contributed by atoms with Crippen LogP contribution in [0.2, 0.25) is 0 Å². The summed E-state index contributed by atoms with van der Waals surface area (Å²) in [5, 5.41) is 2.59. The molecule has 0 spiro atoms. The Morgan fingerprint density at radius 2 is 1.94 bits per heavy atom. The quantitative estimate of drug-likeness (QED) is 0.798. The van der Waals surface area contributed by atoms with E-state index in [1.165, 1.54) is 16.3 Å². The largest absolute Gasteiger partial charge is 0.497 e. The highest BCUT2D eigenvalue weighted by molar-refractivity contribution is 5.87. The molecule has 0 atom stereocenters. The van der Waals surface area contributed by atoms with Crippen LogP contribution in [0.15, 0.2) is 36.4 Å². The van der Waals surface area contributed by atoms with Crippen LogP contribution in [0.25, 0.3) is 10.8 Å². The molecule has 0 fully saturated rings. The average molecular weight is 243 g/mol. The summed E-state index contributed by atoms with van der Waals surface area (Å²) in [6.45, 7) is 4.35.